The monoisotopic (exact) mass is 334 g/mol. The Bertz CT molecular complexity index is 548. The van der Waals surface area contributed by atoms with E-state index in [1.54, 1.807) is 0 Å². The van der Waals surface area contributed by atoms with Gasteiger partial charge >= 0.3 is 0 Å². The maximum atomic E-state index is 6.24. The molecule has 0 saturated carbocycles. The van der Waals surface area contributed by atoms with E-state index in [9.17, 15) is 0 Å². The first-order valence-electron chi connectivity index (χ1n) is 8.18. The average molecular weight is 335 g/mol. The minimum absolute atomic E-state index is 0.520. The number of nitrogens with two attached hydrogens (primary N) is 1. The topological polar surface area (TPSA) is 53.6 Å². The van der Waals surface area contributed by atoms with Crippen molar-refractivity contribution in [2.45, 2.75) is 26.3 Å². The Morgan fingerprint density at radius 3 is 2.74 bits per heavy atom. The summed E-state index contributed by atoms with van der Waals surface area (Å²) in [6.45, 7) is 10.4. The number of piperidine rings is 1. The molecule has 1 saturated heterocycles. The fraction of sp³-hybridized carbons (Fsp3) is 0.500. The van der Waals surface area contributed by atoms with Crippen molar-refractivity contribution in [1.82, 2.24) is 10.2 Å². The van der Waals surface area contributed by atoms with Crippen LogP contribution in [-0.4, -0.2) is 37.0 Å². The van der Waals surface area contributed by atoms with E-state index >= 15 is 0 Å². The van der Waals surface area contributed by atoms with Crippen molar-refractivity contribution in [2.75, 3.05) is 26.2 Å². The highest BCUT2D eigenvalue weighted by Crippen LogP contribution is 2.21. The van der Waals surface area contributed by atoms with Gasteiger partial charge in [0.25, 0.3) is 0 Å². The molecule has 1 heterocycles. The number of likely N-dealkylation sites (tertiary alicyclic amines) is 1. The summed E-state index contributed by atoms with van der Waals surface area (Å²) in [4.78, 5) is 6.72. The molecule has 0 radical (unpaired) electrons. The number of hydrogen-bond donors (Lipinski definition) is 2. The Balaban J connectivity index is 1.71. The Hall–Kier alpha value is -1.52. The summed E-state index contributed by atoms with van der Waals surface area (Å²) in [7, 11) is 0. The van der Waals surface area contributed by atoms with Gasteiger partial charge in [-0.25, -0.2) is 4.99 Å². The summed E-state index contributed by atoms with van der Waals surface area (Å²) in [6.07, 6.45) is 2.34. The van der Waals surface area contributed by atoms with Crippen LogP contribution in [0.1, 0.15) is 25.3 Å². The molecule has 4 nitrogen and oxygen atoms in total. The first kappa shape index (κ1) is 17.8. The number of aliphatic imine (C=N–C) groups is 1. The molecule has 1 aromatic rings. The molecule has 3 N–H and O–H groups in total. The van der Waals surface area contributed by atoms with Crippen LogP contribution in [0.2, 0.25) is 5.02 Å². The lowest BCUT2D eigenvalue weighted by Gasteiger charge is -2.32. The van der Waals surface area contributed by atoms with E-state index < -0.39 is 0 Å². The fourth-order valence-electron chi connectivity index (χ4n) is 2.74. The lowest BCUT2D eigenvalue weighted by atomic mass is 9.96. The van der Waals surface area contributed by atoms with E-state index in [2.05, 4.69) is 27.9 Å². The summed E-state index contributed by atoms with van der Waals surface area (Å²) in [6, 6.07) is 8.09. The van der Waals surface area contributed by atoms with Crippen LogP contribution in [0, 0.1) is 5.92 Å². The highest BCUT2D eigenvalue weighted by atomic mass is 35.5. The molecule has 0 aliphatic carbocycles. The van der Waals surface area contributed by atoms with Gasteiger partial charge in [0, 0.05) is 18.1 Å². The van der Waals surface area contributed by atoms with E-state index in [1.807, 2.05) is 25.1 Å². The van der Waals surface area contributed by atoms with Gasteiger partial charge in [0.15, 0.2) is 5.96 Å². The van der Waals surface area contributed by atoms with Crippen molar-refractivity contribution >= 4 is 17.6 Å². The van der Waals surface area contributed by atoms with Gasteiger partial charge in [-0.05, 0) is 50.4 Å². The van der Waals surface area contributed by atoms with Gasteiger partial charge in [0.05, 0.1) is 6.54 Å². The summed E-state index contributed by atoms with van der Waals surface area (Å²) in [5.41, 5.74) is 8.08. The van der Waals surface area contributed by atoms with Crippen LogP contribution in [-0.2, 0) is 6.54 Å². The summed E-state index contributed by atoms with van der Waals surface area (Å²) in [5.74, 6) is 1.17. The third-order valence-corrected chi connectivity index (χ3v) is 4.52. The van der Waals surface area contributed by atoms with Crippen LogP contribution in [0.15, 0.2) is 41.4 Å². The Kier molecular flexibility index (Phi) is 6.93. The molecule has 0 unspecified atom stereocenters. The molecule has 5 heteroatoms. The molecule has 0 bridgehead atoms. The van der Waals surface area contributed by atoms with Crippen LogP contribution in [0.25, 0.3) is 0 Å². The molecule has 126 valence electrons. The zero-order valence-electron chi connectivity index (χ0n) is 13.9. The third kappa shape index (κ3) is 6.24. The quantitative estimate of drug-likeness (QED) is 0.477. The van der Waals surface area contributed by atoms with Crippen LogP contribution in [0.5, 0.6) is 0 Å². The number of benzene rings is 1. The largest absolute Gasteiger partial charge is 0.370 e. The van der Waals surface area contributed by atoms with E-state index in [0.717, 1.165) is 36.8 Å². The predicted molar refractivity (Wildman–Crippen MR) is 98.8 cm³/mol. The molecule has 2 rings (SSSR count). The highest BCUT2D eigenvalue weighted by Gasteiger charge is 2.19. The Morgan fingerprint density at radius 2 is 2.09 bits per heavy atom. The third-order valence-electron chi connectivity index (χ3n) is 4.15. The summed E-state index contributed by atoms with van der Waals surface area (Å²) < 4.78 is 0. The highest BCUT2D eigenvalue weighted by molar-refractivity contribution is 6.31. The van der Waals surface area contributed by atoms with Crippen LogP contribution >= 0.6 is 11.6 Å². The number of nitrogens with zero attached hydrogens (tertiary/aromatic N) is 2. The van der Waals surface area contributed by atoms with Gasteiger partial charge in [-0.1, -0.05) is 42.0 Å². The minimum Gasteiger partial charge on any atom is -0.370 e. The van der Waals surface area contributed by atoms with Crippen molar-refractivity contribution in [3.63, 3.8) is 0 Å². The van der Waals surface area contributed by atoms with Crippen molar-refractivity contribution in [1.29, 1.82) is 0 Å². The standard InChI is InChI=1S/C18H27ClN4/c1-14(2)11-21-18(20)22-12-15-7-9-23(10-8-15)13-16-5-3-4-6-17(16)19/h3-6,15H,1,7-13H2,2H3,(H3,20,21,22). The molecule has 1 aliphatic rings. The number of nitrogens with one attached hydrogen (secondary N) is 1. The predicted octanol–water partition coefficient (Wildman–Crippen LogP) is 3.03. The summed E-state index contributed by atoms with van der Waals surface area (Å²) >= 11 is 6.24. The van der Waals surface area contributed by atoms with Crippen molar-refractivity contribution < 1.29 is 0 Å². The lowest BCUT2D eigenvalue weighted by Crippen LogP contribution is -2.40. The second-order valence-corrected chi connectivity index (χ2v) is 6.76. The zero-order valence-corrected chi connectivity index (χ0v) is 14.6. The number of halogens is 1. The lowest BCUT2D eigenvalue weighted by molar-refractivity contribution is 0.178. The van der Waals surface area contributed by atoms with E-state index in [0.29, 0.717) is 18.4 Å². The molecule has 1 aromatic carbocycles. The Labute approximate surface area is 144 Å². The first-order valence-corrected chi connectivity index (χ1v) is 8.56. The molecule has 23 heavy (non-hydrogen) atoms. The van der Waals surface area contributed by atoms with Gasteiger partial charge in [-0.2, -0.15) is 0 Å². The fourth-order valence-corrected chi connectivity index (χ4v) is 2.94. The maximum absolute atomic E-state index is 6.24. The van der Waals surface area contributed by atoms with Crippen LogP contribution in [0.4, 0.5) is 0 Å². The SMILES string of the molecule is C=C(C)CN=C(N)NCC1CCN(Cc2ccccc2Cl)CC1. The zero-order chi connectivity index (χ0) is 16.7. The normalized spacial score (nSPS) is 17.2. The second-order valence-electron chi connectivity index (χ2n) is 6.35. The maximum Gasteiger partial charge on any atom is 0.188 e. The average Bonchev–Trinajstić information content (AvgIpc) is 2.54. The number of rotatable bonds is 6. The van der Waals surface area contributed by atoms with E-state index in [1.165, 1.54) is 18.4 Å². The van der Waals surface area contributed by atoms with Crippen molar-refractivity contribution in [3.05, 3.63) is 47.0 Å². The van der Waals surface area contributed by atoms with Gasteiger partial charge in [0.2, 0.25) is 0 Å². The first-order chi connectivity index (χ1) is 11.0. The molecule has 0 spiro atoms. The molecule has 0 atom stereocenters. The van der Waals surface area contributed by atoms with Gasteiger partial charge < -0.3 is 11.1 Å². The van der Waals surface area contributed by atoms with Gasteiger partial charge in [0.1, 0.15) is 0 Å². The second kappa shape index (κ2) is 8.94. The van der Waals surface area contributed by atoms with E-state index in [4.69, 9.17) is 17.3 Å². The molecular weight excluding hydrogens is 308 g/mol. The van der Waals surface area contributed by atoms with E-state index in [-0.39, 0.29) is 0 Å². The molecule has 1 aliphatic heterocycles. The molecular formula is C18H27ClN4. The molecule has 0 amide bonds. The molecule has 1 fully saturated rings. The summed E-state index contributed by atoms with van der Waals surface area (Å²) in [5, 5.41) is 4.09. The van der Waals surface area contributed by atoms with Gasteiger partial charge in [-0.15, -0.1) is 0 Å². The van der Waals surface area contributed by atoms with Crippen molar-refractivity contribution in [3.8, 4) is 0 Å². The Morgan fingerprint density at radius 1 is 1.39 bits per heavy atom. The smallest absolute Gasteiger partial charge is 0.188 e. The van der Waals surface area contributed by atoms with Crippen LogP contribution in [0.3, 0.4) is 0 Å². The number of hydrogen-bond acceptors (Lipinski definition) is 2. The molecule has 0 aromatic heterocycles. The van der Waals surface area contributed by atoms with Gasteiger partial charge in [-0.3, -0.25) is 4.90 Å². The van der Waals surface area contributed by atoms with Crippen LogP contribution < -0.4 is 11.1 Å². The number of guanidine groups is 1. The minimum atomic E-state index is 0.520. The van der Waals surface area contributed by atoms with Crippen molar-refractivity contribution in [2.24, 2.45) is 16.6 Å².